The number of nitriles is 1. The van der Waals surface area contributed by atoms with Crippen LogP contribution < -0.4 is 5.32 Å². The number of hydrogen-bond donors (Lipinski definition) is 2. The number of nitrogens with one attached hydrogen (secondary N) is 1. The molecule has 2 atom stereocenters. The van der Waals surface area contributed by atoms with Gasteiger partial charge in [0, 0.05) is 12.5 Å². The first-order valence-corrected chi connectivity index (χ1v) is 5.92. The third-order valence-electron chi connectivity index (χ3n) is 2.44. The molecule has 0 spiro atoms. The van der Waals surface area contributed by atoms with E-state index >= 15 is 0 Å². The van der Waals surface area contributed by atoms with Crippen LogP contribution in [0.15, 0.2) is 4.99 Å². The van der Waals surface area contributed by atoms with E-state index in [0.29, 0.717) is 11.7 Å². The molecule has 1 saturated carbocycles. The van der Waals surface area contributed by atoms with Crippen molar-refractivity contribution >= 4 is 16.9 Å². The van der Waals surface area contributed by atoms with Crippen molar-refractivity contribution in [2.24, 2.45) is 10.9 Å². The summed E-state index contributed by atoms with van der Waals surface area (Å²) >= 11 is 1.41. The van der Waals surface area contributed by atoms with Gasteiger partial charge in [0.05, 0.1) is 6.10 Å². The Labute approximate surface area is 88.4 Å². The molecular formula is C9H15N3OS. The Morgan fingerprint density at radius 1 is 1.71 bits per heavy atom. The summed E-state index contributed by atoms with van der Waals surface area (Å²) in [5.74, 6) is 0.276. The first-order chi connectivity index (χ1) is 6.77. The third kappa shape index (κ3) is 3.20. The highest BCUT2D eigenvalue weighted by Crippen LogP contribution is 2.25. The minimum Gasteiger partial charge on any atom is -0.393 e. The van der Waals surface area contributed by atoms with E-state index in [1.807, 2.05) is 12.4 Å². The van der Waals surface area contributed by atoms with Crippen LogP contribution in [-0.2, 0) is 0 Å². The van der Waals surface area contributed by atoms with Gasteiger partial charge in [0.15, 0.2) is 11.4 Å². The number of rotatable bonds is 2. The average molecular weight is 213 g/mol. The highest BCUT2D eigenvalue weighted by Gasteiger charge is 2.24. The van der Waals surface area contributed by atoms with Crippen LogP contribution in [0.2, 0.25) is 0 Å². The Balaban J connectivity index is 2.39. The second-order valence-corrected chi connectivity index (χ2v) is 4.14. The van der Waals surface area contributed by atoms with Gasteiger partial charge in [-0.25, -0.2) is 0 Å². The van der Waals surface area contributed by atoms with Gasteiger partial charge in [0.25, 0.3) is 0 Å². The molecule has 4 nitrogen and oxygen atoms in total. The van der Waals surface area contributed by atoms with Gasteiger partial charge < -0.3 is 5.11 Å². The van der Waals surface area contributed by atoms with E-state index in [1.165, 1.54) is 11.8 Å². The van der Waals surface area contributed by atoms with Crippen molar-refractivity contribution in [1.29, 1.82) is 5.26 Å². The topological polar surface area (TPSA) is 68.4 Å². The van der Waals surface area contributed by atoms with Crippen molar-refractivity contribution in [3.05, 3.63) is 0 Å². The lowest BCUT2D eigenvalue weighted by atomic mass is 10.1. The molecular weight excluding hydrogens is 198 g/mol. The summed E-state index contributed by atoms with van der Waals surface area (Å²) in [5.41, 5.74) is 0. The van der Waals surface area contributed by atoms with Crippen LogP contribution in [-0.4, -0.2) is 29.2 Å². The van der Waals surface area contributed by atoms with Crippen LogP contribution in [0.3, 0.4) is 0 Å². The zero-order chi connectivity index (χ0) is 10.4. The molecule has 0 heterocycles. The van der Waals surface area contributed by atoms with E-state index < -0.39 is 0 Å². The molecule has 1 aliphatic carbocycles. The maximum Gasteiger partial charge on any atom is 0.183 e. The van der Waals surface area contributed by atoms with Gasteiger partial charge in [-0.05, 0) is 19.1 Å². The lowest BCUT2D eigenvalue weighted by Gasteiger charge is -2.11. The fourth-order valence-electron chi connectivity index (χ4n) is 1.63. The quantitative estimate of drug-likeness (QED) is 0.310. The summed E-state index contributed by atoms with van der Waals surface area (Å²) in [6, 6.07) is 0. The normalized spacial score (nSPS) is 27.4. The Morgan fingerprint density at radius 3 is 3.00 bits per heavy atom. The zero-order valence-electron chi connectivity index (χ0n) is 8.23. The van der Waals surface area contributed by atoms with E-state index in [0.717, 1.165) is 19.3 Å². The summed E-state index contributed by atoms with van der Waals surface area (Å²) in [4.78, 5) is 4.25. The van der Waals surface area contributed by atoms with Crippen molar-refractivity contribution in [2.45, 2.75) is 25.4 Å². The van der Waals surface area contributed by atoms with Crippen LogP contribution in [0, 0.1) is 17.4 Å². The molecule has 0 aromatic heterocycles. The van der Waals surface area contributed by atoms with E-state index in [9.17, 15) is 5.11 Å². The number of hydrogen-bond acceptors (Lipinski definition) is 4. The van der Waals surface area contributed by atoms with E-state index in [1.54, 1.807) is 0 Å². The second kappa shape index (κ2) is 5.89. The van der Waals surface area contributed by atoms with Gasteiger partial charge in [-0.15, -0.1) is 0 Å². The number of amidine groups is 1. The Kier molecular flexibility index (Phi) is 4.77. The minimum absolute atomic E-state index is 0.205. The summed E-state index contributed by atoms with van der Waals surface area (Å²) in [5, 5.41) is 21.1. The van der Waals surface area contributed by atoms with Gasteiger partial charge in [-0.1, -0.05) is 18.2 Å². The summed E-state index contributed by atoms with van der Waals surface area (Å²) in [6.45, 7) is 0.617. The van der Waals surface area contributed by atoms with Crippen LogP contribution in [0.1, 0.15) is 19.3 Å². The molecule has 0 aromatic carbocycles. The maximum atomic E-state index is 9.54. The summed E-state index contributed by atoms with van der Waals surface area (Å²) in [7, 11) is 0. The molecule has 2 unspecified atom stereocenters. The number of aliphatic hydroxyl groups is 1. The third-order valence-corrected chi connectivity index (χ3v) is 3.06. The predicted molar refractivity (Wildman–Crippen MR) is 57.9 cm³/mol. The number of aliphatic hydroxyl groups excluding tert-OH is 1. The molecule has 0 aliphatic heterocycles. The van der Waals surface area contributed by atoms with Gasteiger partial charge in [-0.3, -0.25) is 10.3 Å². The van der Waals surface area contributed by atoms with Gasteiger partial charge >= 0.3 is 0 Å². The fourth-order valence-corrected chi connectivity index (χ4v) is 1.98. The molecule has 1 fully saturated rings. The molecule has 2 N–H and O–H groups in total. The van der Waals surface area contributed by atoms with E-state index in [-0.39, 0.29) is 12.0 Å². The van der Waals surface area contributed by atoms with Gasteiger partial charge in [-0.2, -0.15) is 5.26 Å². The molecule has 0 radical (unpaired) electrons. The predicted octanol–water partition coefficient (Wildman–Crippen LogP) is 0.937. The van der Waals surface area contributed by atoms with E-state index in [2.05, 4.69) is 10.3 Å². The molecule has 0 aromatic rings. The Bertz CT molecular complexity index is 249. The highest BCUT2D eigenvalue weighted by atomic mass is 32.2. The van der Waals surface area contributed by atoms with Crippen LogP contribution in [0.4, 0.5) is 0 Å². The van der Waals surface area contributed by atoms with Crippen LogP contribution in [0.5, 0.6) is 0 Å². The van der Waals surface area contributed by atoms with Gasteiger partial charge in [0.1, 0.15) is 0 Å². The molecule has 5 heteroatoms. The summed E-state index contributed by atoms with van der Waals surface area (Å²) in [6.07, 6.45) is 6.52. The molecule has 1 rings (SSSR count). The second-order valence-electron chi connectivity index (χ2n) is 3.35. The number of nitrogens with zero attached hydrogens (tertiary/aromatic N) is 2. The monoisotopic (exact) mass is 213 g/mol. The first kappa shape index (κ1) is 11.3. The van der Waals surface area contributed by atoms with E-state index in [4.69, 9.17) is 5.26 Å². The van der Waals surface area contributed by atoms with Crippen LogP contribution in [0.25, 0.3) is 0 Å². The lowest BCUT2D eigenvalue weighted by molar-refractivity contribution is 0.137. The smallest absolute Gasteiger partial charge is 0.183 e. The average Bonchev–Trinajstić information content (AvgIpc) is 2.59. The van der Waals surface area contributed by atoms with Crippen LogP contribution >= 0.6 is 11.8 Å². The van der Waals surface area contributed by atoms with Crippen molar-refractivity contribution in [2.75, 3.05) is 12.8 Å². The molecule has 1 aliphatic rings. The minimum atomic E-state index is -0.205. The molecule has 14 heavy (non-hydrogen) atoms. The lowest BCUT2D eigenvalue weighted by Crippen LogP contribution is -2.19. The van der Waals surface area contributed by atoms with Crippen molar-refractivity contribution in [1.82, 2.24) is 5.32 Å². The first-order valence-electron chi connectivity index (χ1n) is 4.69. The largest absolute Gasteiger partial charge is 0.393 e. The standard InChI is InChI=1S/C9H15N3OS/c1-14-9(12-6-10)11-5-7-3-2-4-8(7)13/h7-8,13H,2-5H2,1H3,(H,11,12). The molecule has 0 amide bonds. The number of aliphatic imine (C=N–C) groups is 1. The number of thioether (sulfide) groups is 1. The molecule has 0 bridgehead atoms. The SMILES string of the molecule is CSC(=NCC1CCCC1O)NC#N. The van der Waals surface area contributed by atoms with Crippen molar-refractivity contribution in [3.63, 3.8) is 0 Å². The molecule has 0 saturated heterocycles. The maximum absolute atomic E-state index is 9.54. The molecule has 78 valence electrons. The Morgan fingerprint density at radius 2 is 2.50 bits per heavy atom. The highest BCUT2D eigenvalue weighted by molar-refractivity contribution is 8.13. The van der Waals surface area contributed by atoms with Crippen molar-refractivity contribution in [3.8, 4) is 6.19 Å². The summed E-state index contributed by atoms with van der Waals surface area (Å²) < 4.78 is 0. The van der Waals surface area contributed by atoms with Crippen molar-refractivity contribution < 1.29 is 5.11 Å². The zero-order valence-corrected chi connectivity index (χ0v) is 9.05. The fraction of sp³-hybridized carbons (Fsp3) is 0.778. The van der Waals surface area contributed by atoms with Gasteiger partial charge in [0.2, 0.25) is 0 Å². The Hall–Kier alpha value is -0.730.